The minimum Gasteiger partial charge on any atom is -0.508 e. The van der Waals surface area contributed by atoms with E-state index in [-0.39, 0.29) is 5.41 Å². The predicted molar refractivity (Wildman–Crippen MR) is 118 cm³/mol. The summed E-state index contributed by atoms with van der Waals surface area (Å²) >= 11 is 0. The Bertz CT molecular complexity index is 788. The first kappa shape index (κ1) is 20.5. The number of hydrogen-bond acceptors (Lipinski definition) is 2. The Morgan fingerprint density at radius 3 is 2.14 bits per heavy atom. The van der Waals surface area contributed by atoms with Crippen molar-refractivity contribution in [2.75, 3.05) is 0 Å². The van der Waals surface area contributed by atoms with Crippen molar-refractivity contribution < 1.29 is 10.2 Å². The van der Waals surface area contributed by atoms with E-state index in [9.17, 15) is 10.2 Å². The molecule has 2 nitrogen and oxygen atoms in total. The third-order valence-electron chi connectivity index (χ3n) is 6.63. The number of hydrogen-bond donors (Lipinski definition) is 2. The van der Waals surface area contributed by atoms with Gasteiger partial charge in [-0.2, -0.15) is 0 Å². The Morgan fingerprint density at radius 1 is 1.00 bits per heavy atom. The highest BCUT2D eigenvalue weighted by Gasteiger charge is 2.37. The lowest BCUT2D eigenvalue weighted by Gasteiger charge is -2.42. The maximum Gasteiger partial charge on any atom is 0.115 e. The maximum atomic E-state index is 9.75. The van der Waals surface area contributed by atoms with Crippen LogP contribution in [0.1, 0.15) is 70.4 Å². The SMILES string of the molecule is CCCC(C)CC(C)(c1ccc(O)cc1)C1CC=C(c2ccc(O)cc2)CC1. The van der Waals surface area contributed by atoms with Crippen LogP contribution in [0.25, 0.3) is 5.57 Å². The van der Waals surface area contributed by atoms with Gasteiger partial charge in [-0.3, -0.25) is 0 Å². The van der Waals surface area contributed by atoms with Gasteiger partial charge in [0.15, 0.2) is 0 Å². The minimum absolute atomic E-state index is 0.110. The first-order valence-corrected chi connectivity index (χ1v) is 10.7. The molecule has 0 amide bonds. The van der Waals surface area contributed by atoms with Gasteiger partial charge in [-0.05, 0) is 83.9 Å². The molecule has 2 heteroatoms. The van der Waals surface area contributed by atoms with Gasteiger partial charge in [-0.25, -0.2) is 0 Å². The zero-order chi connectivity index (χ0) is 20.1. The van der Waals surface area contributed by atoms with Crippen molar-refractivity contribution in [3.05, 3.63) is 65.7 Å². The number of rotatable bonds is 7. The van der Waals surface area contributed by atoms with Crippen LogP contribution in [-0.4, -0.2) is 10.2 Å². The summed E-state index contributed by atoms with van der Waals surface area (Å²) in [5.41, 5.74) is 4.08. The third-order valence-corrected chi connectivity index (χ3v) is 6.63. The highest BCUT2D eigenvalue weighted by atomic mass is 16.3. The van der Waals surface area contributed by atoms with E-state index in [1.54, 1.807) is 12.1 Å². The van der Waals surface area contributed by atoms with Crippen LogP contribution >= 0.6 is 0 Å². The van der Waals surface area contributed by atoms with Crippen molar-refractivity contribution in [2.24, 2.45) is 11.8 Å². The second-order valence-corrected chi connectivity index (χ2v) is 8.81. The molecule has 2 N–H and O–H groups in total. The molecule has 0 saturated carbocycles. The molecular weight excluding hydrogens is 344 g/mol. The Kier molecular flexibility index (Phi) is 6.49. The van der Waals surface area contributed by atoms with Gasteiger partial charge in [0, 0.05) is 0 Å². The van der Waals surface area contributed by atoms with Crippen LogP contribution in [0.5, 0.6) is 11.5 Å². The Morgan fingerprint density at radius 2 is 1.61 bits per heavy atom. The molecule has 0 radical (unpaired) electrons. The molecule has 0 bridgehead atoms. The summed E-state index contributed by atoms with van der Waals surface area (Å²) < 4.78 is 0. The monoisotopic (exact) mass is 378 g/mol. The quantitative estimate of drug-likeness (QED) is 0.541. The smallest absolute Gasteiger partial charge is 0.115 e. The van der Waals surface area contributed by atoms with E-state index in [4.69, 9.17) is 0 Å². The first-order chi connectivity index (χ1) is 13.4. The number of phenols is 2. The van der Waals surface area contributed by atoms with Gasteiger partial charge in [0.2, 0.25) is 0 Å². The van der Waals surface area contributed by atoms with E-state index in [0.717, 1.165) is 12.8 Å². The third kappa shape index (κ3) is 4.60. The van der Waals surface area contributed by atoms with Crippen molar-refractivity contribution in [1.82, 2.24) is 0 Å². The number of allylic oxidation sites excluding steroid dienone is 2. The molecule has 0 aliphatic heterocycles. The van der Waals surface area contributed by atoms with E-state index in [2.05, 4.69) is 39.0 Å². The molecule has 1 aliphatic carbocycles. The Labute approximate surface area is 169 Å². The predicted octanol–water partition coefficient (Wildman–Crippen LogP) is 7.07. The summed E-state index contributed by atoms with van der Waals surface area (Å²) in [4.78, 5) is 0. The molecule has 0 spiro atoms. The number of benzene rings is 2. The summed E-state index contributed by atoms with van der Waals surface area (Å²) in [6.45, 7) is 7.07. The lowest BCUT2D eigenvalue weighted by molar-refractivity contribution is 0.218. The second-order valence-electron chi connectivity index (χ2n) is 8.81. The molecule has 0 aromatic heterocycles. The van der Waals surface area contributed by atoms with Crippen LogP contribution in [0.3, 0.4) is 0 Å². The average Bonchev–Trinajstić information content (AvgIpc) is 2.69. The van der Waals surface area contributed by atoms with Crippen molar-refractivity contribution in [2.45, 2.75) is 64.7 Å². The van der Waals surface area contributed by atoms with Crippen LogP contribution in [0.4, 0.5) is 0 Å². The maximum absolute atomic E-state index is 9.75. The topological polar surface area (TPSA) is 40.5 Å². The summed E-state index contributed by atoms with van der Waals surface area (Å²) in [5.74, 6) is 1.94. The zero-order valence-electron chi connectivity index (χ0n) is 17.5. The Balaban J connectivity index is 1.84. The highest BCUT2D eigenvalue weighted by molar-refractivity contribution is 5.66. The van der Waals surface area contributed by atoms with Gasteiger partial charge >= 0.3 is 0 Å². The lowest BCUT2D eigenvalue weighted by atomic mass is 9.62. The normalized spacial score (nSPS) is 20.2. The molecule has 0 heterocycles. The minimum atomic E-state index is 0.110. The average molecular weight is 379 g/mol. The van der Waals surface area contributed by atoms with Gasteiger partial charge in [-0.1, -0.05) is 64.0 Å². The fraction of sp³-hybridized carbons (Fsp3) is 0.462. The van der Waals surface area contributed by atoms with Gasteiger partial charge in [0.05, 0.1) is 0 Å². The summed E-state index contributed by atoms with van der Waals surface area (Å²) in [7, 11) is 0. The molecule has 2 aromatic carbocycles. The van der Waals surface area contributed by atoms with E-state index in [0.29, 0.717) is 23.3 Å². The van der Waals surface area contributed by atoms with Crippen molar-refractivity contribution in [3.8, 4) is 11.5 Å². The largest absolute Gasteiger partial charge is 0.508 e. The zero-order valence-corrected chi connectivity index (χ0v) is 17.5. The second kappa shape index (κ2) is 8.86. The first-order valence-electron chi connectivity index (χ1n) is 10.7. The highest BCUT2D eigenvalue weighted by Crippen LogP contribution is 2.46. The van der Waals surface area contributed by atoms with Crippen molar-refractivity contribution >= 4 is 5.57 Å². The summed E-state index contributed by atoms with van der Waals surface area (Å²) in [5, 5.41) is 19.3. The van der Waals surface area contributed by atoms with E-state index in [1.807, 2.05) is 24.3 Å². The van der Waals surface area contributed by atoms with Gasteiger partial charge < -0.3 is 10.2 Å². The van der Waals surface area contributed by atoms with Crippen LogP contribution in [0.15, 0.2) is 54.6 Å². The van der Waals surface area contributed by atoms with Crippen molar-refractivity contribution in [3.63, 3.8) is 0 Å². The molecule has 2 aromatic rings. The molecule has 28 heavy (non-hydrogen) atoms. The Hall–Kier alpha value is -2.22. The van der Waals surface area contributed by atoms with Gasteiger partial charge in [-0.15, -0.1) is 0 Å². The van der Waals surface area contributed by atoms with Crippen molar-refractivity contribution in [1.29, 1.82) is 0 Å². The molecule has 0 saturated heterocycles. The molecule has 150 valence electrons. The fourth-order valence-electron chi connectivity index (χ4n) is 5.03. The summed E-state index contributed by atoms with van der Waals surface area (Å²) in [6, 6.07) is 15.5. The number of aromatic hydroxyl groups is 2. The van der Waals surface area contributed by atoms with Crippen LogP contribution in [0, 0.1) is 11.8 Å². The standard InChI is InChI=1S/C26H34O2/c1-4-5-19(2)18-26(3,23-12-16-25(28)17-13-23)22-10-6-20(7-11-22)21-8-14-24(27)15-9-21/h6,8-9,12-17,19,22,27-28H,4-5,7,10-11,18H2,1-3H3. The van der Waals surface area contributed by atoms with Gasteiger partial charge in [0.25, 0.3) is 0 Å². The van der Waals surface area contributed by atoms with Crippen LogP contribution in [0.2, 0.25) is 0 Å². The molecule has 3 rings (SSSR count). The van der Waals surface area contributed by atoms with Crippen LogP contribution < -0.4 is 0 Å². The van der Waals surface area contributed by atoms with E-state index < -0.39 is 0 Å². The summed E-state index contributed by atoms with van der Waals surface area (Å²) in [6.07, 6.45) is 9.39. The van der Waals surface area contributed by atoms with E-state index >= 15 is 0 Å². The molecule has 3 unspecified atom stereocenters. The number of phenolic OH excluding ortho intramolecular Hbond substituents is 2. The molecular formula is C26H34O2. The van der Waals surface area contributed by atoms with Crippen LogP contribution in [-0.2, 0) is 5.41 Å². The lowest BCUT2D eigenvalue weighted by Crippen LogP contribution is -2.35. The molecule has 1 aliphatic rings. The molecule has 0 fully saturated rings. The van der Waals surface area contributed by atoms with Gasteiger partial charge in [0.1, 0.15) is 11.5 Å². The molecule has 3 atom stereocenters. The van der Waals surface area contributed by atoms with E-state index in [1.165, 1.54) is 42.4 Å². The fourth-order valence-corrected chi connectivity index (χ4v) is 5.03.